The van der Waals surface area contributed by atoms with Crippen molar-refractivity contribution in [2.45, 2.75) is 37.9 Å². The second kappa shape index (κ2) is 7.17. The molecule has 1 N–H and O–H groups in total. The predicted octanol–water partition coefficient (Wildman–Crippen LogP) is 3.72. The highest BCUT2D eigenvalue weighted by atomic mass is 35.5. The number of carbonyl (C=O) groups is 1. The fourth-order valence-electron chi connectivity index (χ4n) is 2.57. The van der Waals surface area contributed by atoms with Gasteiger partial charge in [0, 0.05) is 6.04 Å². The van der Waals surface area contributed by atoms with E-state index in [1.165, 1.54) is 0 Å². The van der Waals surface area contributed by atoms with E-state index in [1.807, 2.05) is 4.57 Å². The molecule has 0 atom stereocenters. The van der Waals surface area contributed by atoms with E-state index in [0.717, 1.165) is 19.3 Å². The van der Waals surface area contributed by atoms with Gasteiger partial charge in [-0.05, 0) is 31.4 Å². The summed E-state index contributed by atoms with van der Waals surface area (Å²) in [6.45, 7) is -1.69. The number of hydrogen-bond acceptors (Lipinski definition) is 4. The third-order valence-corrected chi connectivity index (χ3v) is 4.14. The Morgan fingerprint density at radius 1 is 1.36 bits per heavy atom. The lowest BCUT2D eigenvalue weighted by molar-refractivity contribution is -0.174. The summed E-state index contributed by atoms with van der Waals surface area (Å²) in [6, 6.07) is 3.49. The summed E-state index contributed by atoms with van der Waals surface area (Å²) in [5.41, 5.74) is 1.18. The lowest BCUT2D eigenvalue weighted by Gasteiger charge is -2.28. The largest absolute Gasteiger partial charge is 0.411 e. The predicted molar refractivity (Wildman–Crippen MR) is 85.5 cm³/mol. The van der Waals surface area contributed by atoms with E-state index < -0.39 is 18.7 Å². The highest BCUT2D eigenvalue weighted by molar-refractivity contribution is 6.29. The first-order valence-corrected chi connectivity index (χ1v) is 8.20. The van der Waals surface area contributed by atoms with E-state index in [4.69, 9.17) is 11.6 Å². The van der Waals surface area contributed by atoms with Crippen molar-refractivity contribution in [2.75, 3.05) is 18.5 Å². The molecule has 1 aliphatic rings. The molecule has 0 bridgehead atoms. The van der Waals surface area contributed by atoms with Crippen molar-refractivity contribution in [3.8, 4) is 0 Å². The van der Waals surface area contributed by atoms with Crippen molar-refractivity contribution in [3.05, 3.63) is 17.3 Å². The normalized spacial score (nSPS) is 15.4. The van der Waals surface area contributed by atoms with Crippen LogP contribution < -0.4 is 5.32 Å². The molecule has 0 unspecified atom stereocenters. The average Bonchev–Trinajstić information content (AvgIpc) is 2.79. The van der Waals surface area contributed by atoms with Crippen LogP contribution in [0.1, 0.15) is 31.7 Å². The van der Waals surface area contributed by atoms with Crippen molar-refractivity contribution in [3.63, 3.8) is 0 Å². The summed E-state index contributed by atoms with van der Waals surface area (Å²) in [5.74, 6) is -0.139. The van der Waals surface area contributed by atoms with Crippen LogP contribution >= 0.6 is 11.6 Å². The van der Waals surface area contributed by atoms with Crippen LogP contribution in [0.4, 0.5) is 19.1 Å². The molecule has 0 aliphatic heterocycles. The van der Waals surface area contributed by atoms with Crippen LogP contribution in [0.25, 0.3) is 11.2 Å². The van der Waals surface area contributed by atoms with Gasteiger partial charge in [-0.2, -0.15) is 13.2 Å². The van der Waals surface area contributed by atoms with Gasteiger partial charge >= 0.3 is 6.18 Å². The average molecular weight is 377 g/mol. The lowest BCUT2D eigenvalue weighted by Crippen LogP contribution is -2.23. The Balaban J connectivity index is 1.69. The van der Waals surface area contributed by atoms with Crippen LogP contribution in [0.5, 0.6) is 0 Å². The first-order chi connectivity index (χ1) is 11.8. The Hall–Kier alpha value is -1.87. The number of hydrogen-bond donors (Lipinski definition) is 1. The monoisotopic (exact) mass is 376 g/mol. The van der Waals surface area contributed by atoms with Gasteiger partial charge in [0.25, 0.3) is 0 Å². The number of amides is 1. The summed E-state index contributed by atoms with van der Waals surface area (Å²) in [5, 5.41) is 2.96. The first kappa shape index (κ1) is 17.9. The van der Waals surface area contributed by atoms with Crippen molar-refractivity contribution in [1.82, 2.24) is 14.5 Å². The molecule has 0 aromatic carbocycles. The van der Waals surface area contributed by atoms with Gasteiger partial charge in [0.2, 0.25) is 11.9 Å². The number of halogens is 4. The van der Waals surface area contributed by atoms with E-state index >= 15 is 0 Å². The second-order valence-electron chi connectivity index (χ2n) is 5.83. The summed E-state index contributed by atoms with van der Waals surface area (Å²) in [4.78, 5) is 20.6. The standard InChI is InChI=1S/C15H16ClF3N4O2/c16-11-5-4-10-13(21-11)23(9-2-1-3-9)14(20-10)22-12(24)6-7-25-8-15(17,18)19/h4-5,9H,1-3,6-8H2,(H,20,22,24). The molecule has 1 saturated carbocycles. The number of imidazole rings is 1. The Kier molecular flexibility index (Phi) is 5.14. The number of ether oxygens (including phenoxy) is 1. The minimum atomic E-state index is -4.40. The molecule has 0 spiro atoms. The molecule has 1 fully saturated rings. The Morgan fingerprint density at radius 3 is 2.76 bits per heavy atom. The van der Waals surface area contributed by atoms with Crippen molar-refractivity contribution >= 4 is 34.6 Å². The van der Waals surface area contributed by atoms with E-state index in [0.29, 0.717) is 22.3 Å². The number of pyridine rings is 1. The van der Waals surface area contributed by atoms with Crippen LogP contribution in [0, 0.1) is 0 Å². The maximum absolute atomic E-state index is 12.0. The van der Waals surface area contributed by atoms with E-state index in [9.17, 15) is 18.0 Å². The molecule has 0 radical (unpaired) electrons. The summed E-state index contributed by atoms with van der Waals surface area (Å²) in [7, 11) is 0. The summed E-state index contributed by atoms with van der Waals surface area (Å²) < 4.78 is 42.3. The molecular formula is C15H16ClF3N4O2. The number of nitrogens with zero attached hydrogens (tertiary/aromatic N) is 3. The molecule has 136 valence electrons. The van der Waals surface area contributed by atoms with Crippen molar-refractivity contribution in [1.29, 1.82) is 0 Å². The van der Waals surface area contributed by atoms with Gasteiger partial charge in [-0.25, -0.2) is 9.97 Å². The number of fused-ring (bicyclic) bond motifs is 1. The number of rotatable bonds is 6. The van der Waals surface area contributed by atoms with Crippen LogP contribution in [0.2, 0.25) is 5.15 Å². The van der Waals surface area contributed by atoms with E-state index in [1.54, 1.807) is 12.1 Å². The van der Waals surface area contributed by atoms with Crippen LogP contribution in [0.15, 0.2) is 12.1 Å². The zero-order valence-corrected chi connectivity index (χ0v) is 13.9. The minimum Gasteiger partial charge on any atom is -0.372 e. The maximum atomic E-state index is 12.0. The third-order valence-electron chi connectivity index (χ3n) is 3.93. The van der Waals surface area contributed by atoms with Gasteiger partial charge in [-0.15, -0.1) is 0 Å². The lowest BCUT2D eigenvalue weighted by atomic mass is 9.93. The van der Waals surface area contributed by atoms with E-state index in [-0.39, 0.29) is 19.1 Å². The molecular weight excluding hydrogens is 361 g/mol. The summed E-state index contributed by atoms with van der Waals surface area (Å²) >= 11 is 5.94. The molecule has 10 heteroatoms. The summed E-state index contributed by atoms with van der Waals surface area (Å²) in [6.07, 6.45) is -1.64. The maximum Gasteiger partial charge on any atom is 0.411 e. The smallest absolute Gasteiger partial charge is 0.372 e. The van der Waals surface area contributed by atoms with Crippen LogP contribution in [-0.4, -0.2) is 39.8 Å². The quantitative estimate of drug-likeness (QED) is 0.616. The van der Waals surface area contributed by atoms with Gasteiger partial charge in [0.05, 0.1) is 13.0 Å². The molecule has 2 heterocycles. The fraction of sp³-hybridized carbons (Fsp3) is 0.533. The molecule has 3 rings (SSSR count). The van der Waals surface area contributed by atoms with Crippen molar-refractivity contribution in [2.24, 2.45) is 0 Å². The molecule has 2 aromatic rings. The second-order valence-corrected chi connectivity index (χ2v) is 6.22. The Morgan fingerprint density at radius 2 is 2.12 bits per heavy atom. The highest BCUT2D eigenvalue weighted by Crippen LogP contribution is 2.36. The van der Waals surface area contributed by atoms with Gasteiger partial charge in [-0.1, -0.05) is 11.6 Å². The topological polar surface area (TPSA) is 69.0 Å². The van der Waals surface area contributed by atoms with Gasteiger partial charge < -0.3 is 4.74 Å². The fourth-order valence-corrected chi connectivity index (χ4v) is 2.71. The highest BCUT2D eigenvalue weighted by Gasteiger charge is 2.28. The van der Waals surface area contributed by atoms with Crippen LogP contribution in [-0.2, 0) is 9.53 Å². The van der Waals surface area contributed by atoms with Gasteiger partial charge in [0.1, 0.15) is 17.3 Å². The zero-order chi connectivity index (χ0) is 18.0. The zero-order valence-electron chi connectivity index (χ0n) is 13.1. The van der Waals surface area contributed by atoms with E-state index in [2.05, 4.69) is 20.0 Å². The number of alkyl halides is 3. The SMILES string of the molecule is O=C(CCOCC(F)(F)F)Nc1nc2ccc(Cl)nc2n1C1CCC1. The molecule has 1 aliphatic carbocycles. The number of anilines is 1. The van der Waals surface area contributed by atoms with Gasteiger partial charge in [0.15, 0.2) is 5.65 Å². The van der Waals surface area contributed by atoms with Crippen molar-refractivity contribution < 1.29 is 22.7 Å². The molecule has 1 amide bonds. The Labute approximate surface area is 146 Å². The van der Waals surface area contributed by atoms with Gasteiger partial charge in [-0.3, -0.25) is 14.7 Å². The first-order valence-electron chi connectivity index (χ1n) is 7.82. The van der Waals surface area contributed by atoms with Crippen LogP contribution in [0.3, 0.4) is 0 Å². The molecule has 0 saturated heterocycles. The molecule has 6 nitrogen and oxygen atoms in total. The number of carbonyl (C=O) groups excluding carboxylic acids is 1. The third kappa shape index (κ3) is 4.40. The molecule has 2 aromatic heterocycles. The molecule has 25 heavy (non-hydrogen) atoms. The Bertz CT molecular complexity index is 774. The number of nitrogens with one attached hydrogen (secondary N) is 1. The number of aromatic nitrogens is 3. The minimum absolute atomic E-state index is 0.174.